The molecule has 5 heteroatoms. The Bertz CT molecular complexity index is 408. The van der Waals surface area contributed by atoms with Gasteiger partial charge in [0.25, 0.3) is 0 Å². The SMILES string of the molecule is COc1ccc(CN=C(N)N2CCCCCC2)nc1. The molecule has 2 rings (SSSR count). The number of rotatable bonds is 3. The van der Waals surface area contributed by atoms with Crippen LogP contribution in [0.2, 0.25) is 0 Å². The Labute approximate surface area is 114 Å². The molecule has 0 aromatic carbocycles. The largest absolute Gasteiger partial charge is 0.495 e. The molecule has 1 aromatic rings. The van der Waals surface area contributed by atoms with Gasteiger partial charge in [-0.2, -0.15) is 0 Å². The second kappa shape index (κ2) is 6.97. The summed E-state index contributed by atoms with van der Waals surface area (Å²) in [6, 6.07) is 3.80. The van der Waals surface area contributed by atoms with Gasteiger partial charge in [-0.25, -0.2) is 4.99 Å². The van der Waals surface area contributed by atoms with E-state index < -0.39 is 0 Å². The van der Waals surface area contributed by atoms with Gasteiger partial charge in [-0.1, -0.05) is 12.8 Å². The summed E-state index contributed by atoms with van der Waals surface area (Å²) in [5, 5.41) is 0. The maximum absolute atomic E-state index is 6.05. The van der Waals surface area contributed by atoms with Gasteiger partial charge in [-0.05, 0) is 25.0 Å². The zero-order valence-electron chi connectivity index (χ0n) is 11.5. The number of nitrogens with two attached hydrogens (primary N) is 1. The predicted molar refractivity (Wildman–Crippen MR) is 76.2 cm³/mol. The van der Waals surface area contributed by atoms with Crippen molar-refractivity contribution in [1.82, 2.24) is 9.88 Å². The number of ether oxygens (including phenoxy) is 1. The van der Waals surface area contributed by atoms with Crippen LogP contribution >= 0.6 is 0 Å². The van der Waals surface area contributed by atoms with Gasteiger partial charge in [0.05, 0.1) is 25.5 Å². The molecule has 1 aliphatic heterocycles. The average molecular weight is 262 g/mol. The predicted octanol–water partition coefficient (Wildman–Crippen LogP) is 1.78. The summed E-state index contributed by atoms with van der Waals surface area (Å²) in [6.45, 7) is 2.56. The first-order valence-electron chi connectivity index (χ1n) is 6.83. The van der Waals surface area contributed by atoms with Crippen LogP contribution in [0.1, 0.15) is 31.4 Å². The van der Waals surface area contributed by atoms with Gasteiger partial charge in [0.2, 0.25) is 0 Å². The van der Waals surface area contributed by atoms with Crippen molar-refractivity contribution in [3.05, 3.63) is 24.0 Å². The third-order valence-corrected chi connectivity index (χ3v) is 3.37. The third-order valence-electron chi connectivity index (χ3n) is 3.37. The van der Waals surface area contributed by atoms with Crippen LogP contribution < -0.4 is 10.5 Å². The molecule has 2 heterocycles. The van der Waals surface area contributed by atoms with Crippen molar-refractivity contribution in [3.8, 4) is 5.75 Å². The van der Waals surface area contributed by atoms with Crippen molar-refractivity contribution in [3.63, 3.8) is 0 Å². The lowest BCUT2D eigenvalue weighted by Gasteiger charge is -2.20. The van der Waals surface area contributed by atoms with E-state index >= 15 is 0 Å². The Morgan fingerprint density at radius 1 is 1.32 bits per heavy atom. The Hall–Kier alpha value is -1.78. The molecule has 1 aliphatic rings. The standard InChI is InChI=1S/C14H22N4O/c1-19-13-7-6-12(16-11-13)10-17-14(15)18-8-4-2-3-5-9-18/h6-7,11H,2-5,8-10H2,1H3,(H2,15,17). The Morgan fingerprint density at radius 3 is 2.63 bits per heavy atom. The van der Waals surface area contributed by atoms with Crippen LogP contribution in [0.4, 0.5) is 0 Å². The number of nitrogens with zero attached hydrogens (tertiary/aromatic N) is 3. The number of pyridine rings is 1. The lowest BCUT2D eigenvalue weighted by molar-refractivity contribution is 0.412. The number of hydrogen-bond acceptors (Lipinski definition) is 3. The Kier molecular flexibility index (Phi) is 5.01. The third kappa shape index (κ3) is 4.12. The monoisotopic (exact) mass is 262 g/mol. The van der Waals surface area contributed by atoms with Crippen molar-refractivity contribution < 1.29 is 4.74 Å². The molecule has 0 radical (unpaired) electrons. The highest BCUT2D eigenvalue weighted by Crippen LogP contribution is 2.10. The fraction of sp³-hybridized carbons (Fsp3) is 0.571. The summed E-state index contributed by atoms with van der Waals surface area (Å²) >= 11 is 0. The molecule has 104 valence electrons. The van der Waals surface area contributed by atoms with Crippen molar-refractivity contribution in [2.75, 3.05) is 20.2 Å². The van der Waals surface area contributed by atoms with E-state index in [9.17, 15) is 0 Å². The Balaban J connectivity index is 1.92. The Morgan fingerprint density at radius 2 is 2.05 bits per heavy atom. The van der Waals surface area contributed by atoms with Crippen LogP contribution in [0.5, 0.6) is 5.75 Å². The van der Waals surface area contributed by atoms with Crippen molar-refractivity contribution in [2.24, 2.45) is 10.7 Å². The van der Waals surface area contributed by atoms with Gasteiger partial charge < -0.3 is 15.4 Å². The number of hydrogen-bond donors (Lipinski definition) is 1. The van der Waals surface area contributed by atoms with Crippen LogP contribution in [0.25, 0.3) is 0 Å². The number of likely N-dealkylation sites (tertiary alicyclic amines) is 1. The quantitative estimate of drug-likeness (QED) is 0.666. The maximum Gasteiger partial charge on any atom is 0.191 e. The summed E-state index contributed by atoms with van der Waals surface area (Å²) < 4.78 is 5.07. The van der Waals surface area contributed by atoms with Crippen molar-refractivity contribution in [1.29, 1.82) is 0 Å². The zero-order valence-corrected chi connectivity index (χ0v) is 11.5. The summed E-state index contributed by atoms with van der Waals surface area (Å²) in [5.41, 5.74) is 6.95. The summed E-state index contributed by atoms with van der Waals surface area (Å²) in [6.07, 6.45) is 6.70. The lowest BCUT2D eigenvalue weighted by Crippen LogP contribution is -2.38. The molecule has 0 unspecified atom stereocenters. The summed E-state index contributed by atoms with van der Waals surface area (Å²) in [7, 11) is 1.63. The molecule has 5 nitrogen and oxygen atoms in total. The first kappa shape index (κ1) is 13.6. The van der Waals surface area contributed by atoms with Gasteiger partial charge >= 0.3 is 0 Å². The van der Waals surface area contributed by atoms with E-state index in [4.69, 9.17) is 10.5 Å². The van der Waals surface area contributed by atoms with E-state index in [1.807, 2.05) is 12.1 Å². The number of methoxy groups -OCH3 is 1. The highest BCUT2D eigenvalue weighted by atomic mass is 16.5. The first-order chi connectivity index (χ1) is 9.29. The lowest BCUT2D eigenvalue weighted by atomic mass is 10.2. The van der Waals surface area contributed by atoms with Crippen LogP contribution in [0.3, 0.4) is 0 Å². The van der Waals surface area contributed by atoms with E-state index in [1.165, 1.54) is 25.7 Å². The maximum atomic E-state index is 6.05. The van der Waals surface area contributed by atoms with Crippen molar-refractivity contribution in [2.45, 2.75) is 32.2 Å². The van der Waals surface area contributed by atoms with Crippen LogP contribution in [0, 0.1) is 0 Å². The molecule has 1 fully saturated rings. The van der Waals surface area contributed by atoms with E-state index in [-0.39, 0.29) is 0 Å². The van der Waals surface area contributed by atoms with Gasteiger partial charge in [0, 0.05) is 13.1 Å². The van der Waals surface area contributed by atoms with Gasteiger partial charge in [0.15, 0.2) is 5.96 Å². The number of guanidine groups is 1. The fourth-order valence-electron chi connectivity index (χ4n) is 2.19. The molecular formula is C14H22N4O. The van der Waals surface area contributed by atoms with Gasteiger partial charge in [0.1, 0.15) is 5.75 Å². The minimum Gasteiger partial charge on any atom is -0.495 e. The van der Waals surface area contributed by atoms with Gasteiger partial charge in [-0.3, -0.25) is 4.98 Å². The van der Waals surface area contributed by atoms with E-state index in [2.05, 4.69) is 14.9 Å². The topological polar surface area (TPSA) is 63.7 Å². The van der Waals surface area contributed by atoms with Crippen LogP contribution in [0.15, 0.2) is 23.3 Å². The second-order valence-electron chi connectivity index (χ2n) is 4.77. The highest BCUT2D eigenvalue weighted by molar-refractivity contribution is 5.78. The highest BCUT2D eigenvalue weighted by Gasteiger charge is 2.10. The van der Waals surface area contributed by atoms with E-state index in [1.54, 1.807) is 13.3 Å². The molecule has 0 bridgehead atoms. The molecule has 0 saturated carbocycles. The van der Waals surface area contributed by atoms with E-state index in [0.717, 1.165) is 24.5 Å². The molecule has 0 spiro atoms. The molecule has 0 amide bonds. The first-order valence-corrected chi connectivity index (χ1v) is 6.83. The number of aliphatic imine (C=N–C) groups is 1. The minimum absolute atomic E-state index is 0.520. The summed E-state index contributed by atoms with van der Waals surface area (Å²) in [4.78, 5) is 10.9. The molecule has 2 N–H and O–H groups in total. The average Bonchev–Trinajstić information content (AvgIpc) is 2.74. The summed E-state index contributed by atoms with van der Waals surface area (Å²) in [5.74, 6) is 1.40. The van der Waals surface area contributed by atoms with Crippen LogP contribution in [-0.4, -0.2) is 36.0 Å². The molecular weight excluding hydrogens is 240 g/mol. The fourth-order valence-corrected chi connectivity index (χ4v) is 2.19. The normalized spacial score (nSPS) is 17.1. The zero-order chi connectivity index (χ0) is 13.5. The number of aromatic nitrogens is 1. The van der Waals surface area contributed by atoms with Crippen LogP contribution in [-0.2, 0) is 6.54 Å². The van der Waals surface area contributed by atoms with Gasteiger partial charge in [-0.15, -0.1) is 0 Å². The molecule has 1 saturated heterocycles. The molecule has 19 heavy (non-hydrogen) atoms. The smallest absolute Gasteiger partial charge is 0.191 e. The molecule has 1 aromatic heterocycles. The molecule has 0 aliphatic carbocycles. The van der Waals surface area contributed by atoms with Crippen molar-refractivity contribution >= 4 is 5.96 Å². The minimum atomic E-state index is 0.520. The molecule has 0 atom stereocenters. The van der Waals surface area contributed by atoms with E-state index in [0.29, 0.717) is 12.5 Å². The second-order valence-corrected chi connectivity index (χ2v) is 4.77.